The monoisotopic (exact) mass is 492 g/mol. The number of carbonyl (C=O) groups excluding carboxylic acids is 2. The van der Waals surface area contributed by atoms with E-state index < -0.39 is 28.5 Å². The average molecular weight is 493 g/mol. The van der Waals surface area contributed by atoms with Crippen molar-refractivity contribution in [2.24, 2.45) is 0 Å². The minimum absolute atomic E-state index is 0.0543. The van der Waals surface area contributed by atoms with Gasteiger partial charge in [-0.2, -0.15) is 4.31 Å². The van der Waals surface area contributed by atoms with Gasteiger partial charge in [0.15, 0.2) is 6.61 Å². The van der Waals surface area contributed by atoms with Crippen molar-refractivity contribution >= 4 is 39.2 Å². The first-order valence-corrected chi connectivity index (χ1v) is 12.8. The molecule has 2 aromatic carbocycles. The van der Waals surface area contributed by atoms with E-state index in [1.165, 1.54) is 22.5 Å². The number of halogens is 1. The summed E-state index contributed by atoms with van der Waals surface area (Å²) >= 11 is 6.17. The molecule has 1 heterocycles. The van der Waals surface area contributed by atoms with Crippen LogP contribution < -0.4 is 5.32 Å². The average Bonchev–Trinajstić information content (AvgIpc) is 3.06. The van der Waals surface area contributed by atoms with Crippen molar-refractivity contribution in [3.05, 3.63) is 58.1 Å². The Hall–Kier alpha value is -2.42. The first-order chi connectivity index (χ1) is 15.7. The fourth-order valence-electron chi connectivity index (χ4n) is 3.66. The summed E-state index contributed by atoms with van der Waals surface area (Å²) in [7, 11) is -3.69. The van der Waals surface area contributed by atoms with Gasteiger partial charge < -0.3 is 10.1 Å². The third kappa shape index (κ3) is 6.79. The predicted octanol–water partition coefficient (Wildman–Crippen LogP) is 4.25. The Morgan fingerprint density at radius 1 is 1.00 bits per heavy atom. The maximum Gasteiger partial charge on any atom is 0.310 e. The van der Waals surface area contributed by atoms with Crippen LogP contribution in [0.3, 0.4) is 0 Å². The van der Waals surface area contributed by atoms with Crippen molar-refractivity contribution in [3.63, 3.8) is 0 Å². The van der Waals surface area contributed by atoms with Gasteiger partial charge in [-0.05, 0) is 61.6 Å². The summed E-state index contributed by atoms with van der Waals surface area (Å²) in [6.45, 7) is 4.40. The van der Waals surface area contributed by atoms with Gasteiger partial charge in [0, 0.05) is 13.1 Å². The molecule has 1 fully saturated rings. The molecule has 0 atom stereocenters. The van der Waals surface area contributed by atoms with Crippen LogP contribution in [0.4, 0.5) is 5.69 Å². The van der Waals surface area contributed by atoms with Crippen LogP contribution in [-0.2, 0) is 30.8 Å². The highest BCUT2D eigenvalue weighted by Gasteiger charge is 2.26. The zero-order chi connectivity index (χ0) is 24.0. The first-order valence-electron chi connectivity index (χ1n) is 11.0. The number of amides is 1. The molecular weight excluding hydrogens is 464 g/mol. The van der Waals surface area contributed by atoms with Crippen LogP contribution in [-0.4, -0.2) is 44.3 Å². The van der Waals surface area contributed by atoms with Gasteiger partial charge in [-0.15, -0.1) is 0 Å². The zero-order valence-corrected chi connectivity index (χ0v) is 20.5. The fourth-order valence-corrected chi connectivity index (χ4v) is 5.36. The van der Waals surface area contributed by atoms with Gasteiger partial charge in [0.25, 0.3) is 5.91 Å². The fraction of sp³-hybridized carbons (Fsp3) is 0.417. The summed E-state index contributed by atoms with van der Waals surface area (Å²) in [5.41, 5.74) is 3.16. The van der Waals surface area contributed by atoms with Crippen LogP contribution in [0.25, 0.3) is 0 Å². The number of carbonyl (C=O) groups is 2. The number of benzene rings is 2. The van der Waals surface area contributed by atoms with Crippen molar-refractivity contribution in [3.8, 4) is 0 Å². The van der Waals surface area contributed by atoms with Gasteiger partial charge >= 0.3 is 5.97 Å². The van der Waals surface area contributed by atoms with E-state index in [0.29, 0.717) is 13.1 Å². The second-order valence-electron chi connectivity index (χ2n) is 8.26. The maximum atomic E-state index is 13.0. The number of hydrogen-bond acceptors (Lipinski definition) is 5. The Balaban J connectivity index is 1.61. The number of nitrogens with one attached hydrogen (secondary N) is 1. The minimum atomic E-state index is -3.69. The van der Waals surface area contributed by atoms with Crippen molar-refractivity contribution < 1.29 is 22.7 Å². The Morgan fingerprint density at radius 3 is 2.36 bits per heavy atom. The molecule has 7 nitrogen and oxygen atoms in total. The Kier molecular flexibility index (Phi) is 8.51. The summed E-state index contributed by atoms with van der Waals surface area (Å²) in [5.74, 6) is -1.13. The molecule has 0 unspecified atom stereocenters. The predicted molar refractivity (Wildman–Crippen MR) is 128 cm³/mol. The molecule has 3 rings (SSSR count). The van der Waals surface area contributed by atoms with Gasteiger partial charge in [-0.25, -0.2) is 8.42 Å². The van der Waals surface area contributed by atoms with Gasteiger partial charge in [-0.3, -0.25) is 9.59 Å². The standard InChI is InChI=1S/C24H29ClN2O5S/c1-17-7-8-19(13-18(17)2)14-24(29)32-16-23(28)26-22-15-20(9-10-21(22)25)33(30,31)27-11-5-3-4-6-12-27/h7-10,13,15H,3-6,11-12,14,16H2,1-2H3,(H,26,28). The van der Waals surface area contributed by atoms with E-state index in [1.54, 1.807) is 0 Å². The number of sulfonamides is 1. The molecule has 0 bridgehead atoms. The second-order valence-corrected chi connectivity index (χ2v) is 10.6. The van der Waals surface area contributed by atoms with Crippen LogP contribution in [0.15, 0.2) is 41.3 Å². The van der Waals surface area contributed by atoms with Crippen molar-refractivity contribution in [2.45, 2.75) is 50.8 Å². The number of rotatable bonds is 7. The van der Waals surface area contributed by atoms with E-state index >= 15 is 0 Å². The molecule has 1 amide bonds. The highest BCUT2D eigenvalue weighted by Crippen LogP contribution is 2.28. The minimum Gasteiger partial charge on any atom is -0.455 e. The SMILES string of the molecule is Cc1ccc(CC(=O)OCC(=O)Nc2cc(S(=O)(=O)N3CCCCCC3)ccc2Cl)cc1C. The van der Waals surface area contributed by atoms with Crippen LogP contribution in [0.5, 0.6) is 0 Å². The molecule has 0 radical (unpaired) electrons. The highest BCUT2D eigenvalue weighted by molar-refractivity contribution is 7.89. The molecule has 1 saturated heterocycles. The first kappa shape index (κ1) is 25.2. The van der Waals surface area contributed by atoms with Crippen molar-refractivity contribution in [2.75, 3.05) is 25.0 Å². The molecule has 9 heteroatoms. The molecule has 1 N–H and O–H groups in total. The Bertz CT molecular complexity index is 1130. The normalized spacial score (nSPS) is 15.0. The smallest absolute Gasteiger partial charge is 0.310 e. The van der Waals surface area contributed by atoms with Gasteiger partial charge in [-0.1, -0.05) is 42.6 Å². The van der Waals surface area contributed by atoms with E-state index in [0.717, 1.165) is 42.4 Å². The summed E-state index contributed by atoms with van der Waals surface area (Å²) in [5, 5.41) is 2.74. The number of nitrogens with zero attached hydrogens (tertiary/aromatic N) is 1. The topological polar surface area (TPSA) is 92.8 Å². The molecule has 0 aromatic heterocycles. The molecule has 33 heavy (non-hydrogen) atoms. The van der Waals surface area contributed by atoms with E-state index in [-0.39, 0.29) is 22.0 Å². The van der Waals surface area contributed by atoms with Crippen LogP contribution in [0.2, 0.25) is 5.02 Å². The van der Waals surface area contributed by atoms with Crippen molar-refractivity contribution in [1.29, 1.82) is 0 Å². The lowest BCUT2D eigenvalue weighted by Gasteiger charge is -2.20. The Morgan fingerprint density at radius 2 is 1.70 bits per heavy atom. The third-order valence-electron chi connectivity index (χ3n) is 5.70. The van der Waals surface area contributed by atoms with Crippen LogP contribution in [0, 0.1) is 13.8 Å². The van der Waals surface area contributed by atoms with Gasteiger partial charge in [0.2, 0.25) is 10.0 Å². The summed E-state index contributed by atoms with van der Waals surface area (Å²) < 4.78 is 32.6. The number of aryl methyl sites for hydroxylation is 2. The quantitative estimate of drug-likeness (QED) is 0.583. The highest BCUT2D eigenvalue weighted by atomic mass is 35.5. The molecule has 2 aromatic rings. The molecule has 0 aliphatic carbocycles. The number of hydrogen-bond donors (Lipinski definition) is 1. The van der Waals surface area contributed by atoms with E-state index in [1.807, 2.05) is 32.0 Å². The molecule has 0 saturated carbocycles. The third-order valence-corrected chi connectivity index (χ3v) is 7.92. The van der Waals surface area contributed by atoms with Gasteiger partial charge in [0.05, 0.1) is 22.0 Å². The molecule has 0 spiro atoms. The zero-order valence-electron chi connectivity index (χ0n) is 18.9. The molecule has 178 valence electrons. The summed E-state index contributed by atoms with van der Waals surface area (Å²) in [6, 6.07) is 9.90. The lowest BCUT2D eigenvalue weighted by molar-refractivity contribution is -0.146. The number of ether oxygens (including phenoxy) is 1. The van der Waals surface area contributed by atoms with Gasteiger partial charge in [0.1, 0.15) is 0 Å². The molecular formula is C24H29ClN2O5S. The summed E-state index contributed by atoms with van der Waals surface area (Å²) in [4.78, 5) is 24.5. The Labute approximate surface area is 200 Å². The number of esters is 1. The largest absolute Gasteiger partial charge is 0.455 e. The molecule has 1 aliphatic heterocycles. The maximum absolute atomic E-state index is 13.0. The second kappa shape index (κ2) is 11.1. The van der Waals surface area contributed by atoms with Crippen molar-refractivity contribution in [1.82, 2.24) is 4.31 Å². The lowest BCUT2D eigenvalue weighted by atomic mass is 10.0. The van der Waals surface area contributed by atoms with Crippen LogP contribution in [0.1, 0.15) is 42.4 Å². The van der Waals surface area contributed by atoms with E-state index in [9.17, 15) is 18.0 Å². The molecule has 1 aliphatic rings. The summed E-state index contributed by atoms with van der Waals surface area (Å²) in [6.07, 6.45) is 3.72. The van der Waals surface area contributed by atoms with E-state index in [2.05, 4.69) is 5.32 Å². The lowest BCUT2D eigenvalue weighted by Crippen LogP contribution is -2.32. The number of anilines is 1. The van der Waals surface area contributed by atoms with Crippen LogP contribution >= 0.6 is 11.6 Å². The van der Waals surface area contributed by atoms with E-state index in [4.69, 9.17) is 16.3 Å².